The lowest BCUT2D eigenvalue weighted by Gasteiger charge is -2.20. The lowest BCUT2D eigenvalue weighted by molar-refractivity contribution is -0.111. The number of hydrogen-bond donors (Lipinski definition) is 3. The molecule has 2 aromatic heterocycles. The summed E-state index contributed by atoms with van der Waals surface area (Å²) in [5, 5.41) is 27.7. The van der Waals surface area contributed by atoms with Gasteiger partial charge < -0.3 is 20.6 Å². The summed E-state index contributed by atoms with van der Waals surface area (Å²) < 4.78 is 0. The van der Waals surface area contributed by atoms with E-state index in [1.807, 2.05) is 110 Å². The van der Waals surface area contributed by atoms with Gasteiger partial charge in [-0.15, -0.1) is 11.3 Å². The van der Waals surface area contributed by atoms with Crippen LogP contribution in [0.2, 0.25) is 0 Å². The maximum Gasteiger partial charge on any atom is 0.248 e. The van der Waals surface area contributed by atoms with Crippen molar-refractivity contribution in [3.05, 3.63) is 114 Å². The van der Waals surface area contributed by atoms with Crippen LogP contribution in [0.4, 0.5) is 11.4 Å². The predicted octanol–water partition coefficient (Wildman–Crippen LogP) is 6.70. The normalized spacial score (nSPS) is 12.0. The summed E-state index contributed by atoms with van der Waals surface area (Å²) in [6.07, 6.45) is 4.93. The molecule has 210 valence electrons. The van der Waals surface area contributed by atoms with E-state index in [9.17, 15) is 15.2 Å². The zero-order valence-electron chi connectivity index (χ0n) is 23.4. The van der Waals surface area contributed by atoms with Gasteiger partial charge in [0, 0.05) is 40.3 Å². The lowest BCUT2D eigenvalue weighted by atomic mass is 9.96. The zero-order valence-corrected chi connectivity index (χ0v) is 24.2. The molecular weight excluding hydrogens is 542 g/mol. The molecule has 8 heteroatoms. The number of anilines is 2. The molecule has 1 atom stereocenters. The van der Waals surface area contributed by atoms with E-state index in [0.29, 0.717) is 23.5 Å². The Morgan fingerprint density at radius 3 is 2.45 bits per heavy atom. The predicted molar refractivity (Wildman–Crippen MR) is 171 cm³/mol. The van der Waals surface area contributed by atoms with Gasteiger partial charge in [0.15, 0.2) is 0 Å². The largest absolute Gasteiger partial charge is 0.394 e. The van der Waals surface area contributed by atoms with Crippen LogP contribution in [-0.4, -0.2) is 48.1 Å². The van der Waals surface area contributed by atoms with Crippen LogP contribution >= 0.6 is 11.3 Å². The topological polar surface area (TPSA) is 101 Å². The average Bonchev–Trinajstić information content (AvgIpc) is 3.41. The first-order valence-electron chi connectivity index (χ1n) is 13.5. The summed E-state index contributed by atoms with van der Waals surface area (Å²) in [6, 6.07) is 29.3. The quantitative estimate of drug-likeness (QED) is 0.161. The molecule has 0 unspecified atom stereocenters. The van der Waals surface area contributed by atoms with Crippen molar-refractivity contribution >= 4 is 38.8 Å². The van der Waals surface area contributed by atoms with Crippen LogP contribution < -0.4 is 10.6 Å². The molecule has 3 aromatic carbocycles. The van der Waals surface area contributed by atoms with Gasteiger partial charge in [-0.1, -0.05) is 78.9 Å². The summed E-state index contributed by atoms with van der Waals surface area (Å²) >= 11 is 1.54. The number of aromatic nitrogens is 1. The molecule has 1 amide bonds. The first-order valence-corrected chi connectivity index (χ1v) is 14.4. The third kappa shape index (κ3) is 6.40. The molecule has 0 aliphatic carbocycles. The Kier molecular flexibility index (Phi) is 9.05. The maximum atomic E-state index is 12.6. The first-order chi connectivity index (χ1) is 20.5. The minimum absolute atomic E-state index is 0.160. The maximum absolute atomic E-state index is 12.6. The number of nitriles is 1. The molecular formula is C34H31N5O2S. The third-order valence-electron chi connectivity index (χ3n) is 6.74. The van der Waals surface area contributed by atoms with Crippen molar-refractivity contribution in [3.63, 3.8) is 0 Å². The summed E-state index contributed by atoms with van der Waals surface area (Å²) in [7, 11) is 3.89. The molecule has 0 fully saturated rings. The molecule has 0 radical (unpaired) electrons. The minimum Gasteiger partial charge on any atom is -0.394 e. The van der Waals surface area contributed by atoms with Crippen molar-refractivity contribution < 1.29 is 9.90 Å². The first kappa shape index (κ1) is 28.7. The highest BCUT2D eigenvalue weighted by atomic mass is 32.1. The van der Waals surface area contributed by atoms with Crippen LogP contribution in [-0.2, 0) is 4.79 Å². The monoisotopic (exact) mass is 573 g/mol. The number of aliphatic hydroxyl groups excluding tert-OH is 1. The van der Waals surface area contributed by atoms with Gasteiger partial charge in [0.2, 0.25) is 5.91 Å². The van der Waals surface area contributed by atoms with Gasteiger partial charge in [-0.25, -0.2) is 4.98 Å². The number of pyridine rings is 1. The molecule has 0 spiro atoms. The van der Waals surface area contributed by atoms with Gasteiger partial charge in [0.25, 0.3) is 0 Å². The molecule has 5 aromatic rings. The van der Waals surface area contributed by atoms with E-state index >= 15 is 0 Å². The number of aliphatic hydroxyl groups is 1. The molecule has 7 nitrogen and oxygen atoms in total. The molecule has 0 saturated heterocycles. The number of nitrogens with one attached hydrogen (secondary N) is 2. The molecule has 5 rings (SSSR count). The Morgan fingerprint density at radius 2 is 1.76 bits per heavy atom. The van der Waals surface area contributed by atoms with Crippen molar-refractivity contribution in [1.82, 2.24) is 9.88 Å². The van der Waals surface area contributed by atoms with E-state index in [1.54, 1.807) is 17.5 Å². The van der Waals surface area contributed by atoms with Gasteiger partial charge in [-0.3, -0.25) is 4.79 Å². The van der Waals surface area contributed by atoms with Crippen molar-refractivity contribution in [2.45, 2.75) is 6.04 Å². The van der Waals surface area contributed by atoms with Crippen molar-refractivity contribution in [2.75, 3.05) is 37.9 Å². The molecule has 0 bridgehead atoms. The highest BCUT2D eigenvalue weighted by molar-refractivity contribution is 7.22. The van der Waals surface area contributed by atoms with Gasteiger partial charge in [0.05, 0.1) is 23.9 Å². The average molecular weight is 574 g/mol. The standard InChI is InChI=1S/C34H31N5O2S/c1-39(2)18-10-17-29(41)37-27-16-9-15-25(19-27)30-31-32(38-28(22-40)23-11-5-3-6-12-23)26(20-35)21-36-34(31)42-33(30)24-13-7-4-8-14-24/h3-17,19,21,28,40H,18,22H2,1-2H3,(H,36,38)(H,37,41)/b17-10+/t28-/m1/s1. The van der Waals surface area contributed by atoms with Crippen LogP contribution in [0.5, 0.6) is 0 Å². The van der Waals surface area contributed by atoms with Crippen molar-refractivity contribution in [2.24, 2.45) is 0 Å². The van der Waals surface area contributed by atoms with Gasteiger partial charge in [-0.05, 0) is 42.9 Å². The van der Waals surface area contributed by atoms with Gasteiger partial charge in [-0.2, -0.15) is 5.26 Å². The Bertz CT molecular complexity index is 1760. The fourth-order valence-electron chi connectivity index (χ4n) is 4.77. The molecule has 0 aliphatic heterocycles. The number of hydrogen-bond acceptors (Lipinski definition) is 7. The summed E-state index contributed by atoms with van der Waals surface area (Å²) in [5.41, 5.74) is 5.34. The number of likely N-dealkylation sites (N-methyl/N-ethyl adjacent to an activating group) is 1. The van der Waals surface area contributed by atoms with Crippen LogP contribution in [0, 0.1) is 11.3 Å². The van der Waals surface area contributed by atoms with Crippen molar-refractivity contribution in [1.29, 1.82) is 5.26 Å². The third-order valence-corrected chi connectivity index (χ3v) is 7.88. The second-order valence-electron chi connectivity index (χ2n) is 10.0. The Hall–Kier alpha value is -4.81. The van der Waals surface area contributed by atoms with Crippen LogP contribution in [0.15, 0.2) is 103 Å². The van der Waals surface area contributed by atoms with E-state index < -0.39 is 6.04 Å². The number of rotatable bonds is 10. The Labute approximate surface area is 249 Å². The summed E-state index contributed by atoms with van der Waals surface area (Å²) in [6.45, 7) is 0.503. The van der Waals surface area contributed by atoms with E-state index in [0.717, 1.165) is 37.3 Å². The van der Waals surface area contributed by atoms with Gasteiger partial charge >= 0.3 is 0 Å². The minimum atomic E-state index is -0.434. The zero-order chi connectivity index (χ0) is 29.5. The smallest absolute Gasteiger partial charge is 0.248 e. The number of carbonyl (C=O) groups is 1. The Morgan fingerprint density at radius 1 is 1.05 bits per heavy atom. The van der Waals surface area contributed by atoms with Crippen LogP contribution in [0.3, 0.4) is 0 Å². The Balaban J connectivity index is 1.67. The second-order valence-corrected chi connectivity index (χ2v) is 11.0. The van der Waals surface area contributed by atoms with Crippen molar-refractivity contribution in [3.8, 4) is 27.6 Å². The van der Waals surface area contributed by atoms with E-state index in [2.05, 4.69) is 21.7 Å². The molecule has 42 heavy (non-hydrogen) atoms. The number of nitrogens with zero attached hydrogens (tertiary/aromatic N) is 3. The van der Waals surface area contributed by atoms with E-state index in [-0.39, 0.29) is 12.5 Å². The van der Waals surface area contributed by atoms with E-state index in [4.69, 9.17) is 0 Å². The number of fused-ring (bicyclic) bond motifs is 1. The second kappa shape index (κ2) is 13.2. The molecule has 3 N–H and O–H groups in total. The number of carbonyl (C=O) groups excluding carboxylic acids is 1. The number of thiophene rings is 1. The van der Waals surface area contributed by atoms with Crippen LogP contribution in [0.1, 0.15) is 17.2 Å². The summed E-state index contributed by atoms with van der Waals surface area (Å²) in [5.74, 6) is -0.211. The molecule has 0 saturated carbocycles. The van der Waals surface area contributed by atoms with E-state index in [1.165, 1.54) is 6.08 Å². The highest BCUT2D eigenvalue weighted by Gasteiger charge is 2.24. The fourth-order valence-corrected chi connectivity index (χ4v) is 5.95. The fraction of sp³-hybridized carbons (Fsp3) is 0.147. The SMILES string of the molecule is CN(C)C/C=C/C(=O)Nc1cccc(-c2c(-c3ccccc3)sc3ncc(C#N)c(N[C@H](CO)c4ccccc4)c23)c1. The number of amides is 1. The van der Waals surface area contributed by atoms with Crippen LogP contribution in [0.25, 0.3) is 31.8 Å². The lowest BCUT2D eigenvalue weighted by Crippen LogP contribution is -2.16. The van der Waals surface area contributed by atoms with Gasteiger partial charge in [0.1, 0.15) is 10.9 Å². The number of benzene rings is 3. The molecule has 2 heterocycles. The summed E-state index contributed by atoms with van der Waals surface area (Å²) in [4.78, 5) is 21.0. The molecule has 0 aliphatic rings. The highest BCUT2D eigenvalue weighted by Crippen LogP contribution is 2.48.